The molecule has 1 fully saturated rings. The standard InChI is InChI=1S/C31H30N2O3.C2H6/c1-3-10-26-24(4-2)29(35)33(30(26)36)21-23-12-5-7-13-25(23)28(34)32-19-9-16-31(18-20-32)17-15-22-11-6-8-14-27(22)31;1-2/h3-8,10-15,17H,2,9,16,18-21H2,1H3;1-2H3/b10-3-;. The molecule has 3 amide bonds. The van der Waals surface area contributed by atoms with Gasteiger partial charge < -0.3 is 4.90 Å². The number of carbonyl (C=O) groups excluding carboxylic acids is 3. The molecule has 1 atom stereocenters. The van der Waals surface area contributed by atoms with Gasteiger partial charge in [0, 0.05) is 24.1 Å². The van der Waals surface area contributed by atoms with E-state index in [0.717, 1.165) is 19.3 Å². The Morgan fingerprint density at radius 3 is 2.45 bits per heavy atom. The second-order valence-corrected chi connectivity index (χ2v) is 9.61. The Bertz CT molecular complexity index is 1350. The minimum Gasteiger partial charge on any atom is -0.339 e. The molecule has 0 radical (unpaired) electrons. The number of benzene rings is 2. The van der Waals surface area contributed by atoms with Crippen LogP contribution in [-0.4, -0.2) is 40.6 Å². The first kappa shape index (κ1) is 27.1. The maximum Gasteiger partial charge on any atom is 0.261 e. The highest BCUT2D eigenvalue weighted by molar-refractivity contribution is 6.21. The SMILES string of the molecule is C=CC1=C(/C=C\C)C(=O)N(Cc2ccccc2C(=O)N2CCCC3(C=Cc4ccccc43)CC2)C1=O.CC. The fourth-order valence-electron chi connectivity index (χ4n) is 5.72. The van der Waals surface area contributed by atoms with Crippen molar-refractivity contribution >= 4 is 23.8 Å². The summed E-state index contributed by atoms with van der Waals surface area (Å²) in [6.45, 7) is 10.9. The maximum atomic E-state index is 13.7. The van der Waals surface area contributed by atoms with E-state index in [1.54, 1.807) is 25.1 Å². The van der Waals surface area contributed by atoms with Crippen molar-refractivity contribution in [1.82, 2.24) is 9.80 Å². The quantitative estimate of drug-likeness (QED) is 0.450. The third-order valence-corrected chi connectivity index (χ3v) is 7.60. The number of allylic oxidation sites excluding steroid dienone is 2. The molecule has 1 aliphatic carbocycles. The number of nitrogens with zero attached hydrogens (tertiary/aromatic N) is 2. The Kier molecular flexibility index (Phi) is 8.26. The Labute approximate surface area is 225 Å². The number of carbonyl (C=O) groups is 3. The van der Waals surface area contributed by atoms with Gasteiger partial charge >= 0.3 is 0 Å². The molecule has 196 valence electrons. The van der Waals surface area contributed by atoms with Crippen molar-refractivity contribution in [3.63, 3.8) is 0 Å². The van der Waals surface area contributed by atoms with Gasteiger partial charge in [0.25, 0.3) is 17.7 Å². The second kappa shape index (κ2) is 11.6. The summed E-state index contributed by atoms with van der Waals surface area (Å²) in [6, 6.07) is 15.8. The molecule has 1 saturated heterocycles. The summed E-state index contributed by atoms with van der Waals surface area (Å²) < 4.78 is 0. The zero-order valence-corrected chi connectivity index (χ0v) is 22.6. The molecule has 0 bridgehead atoms. The van der Waals surface area contributed by atoms with Crippen molar-refractivity contribution in [3.05, 3.63) is 113 Å². The molecule has 3 aliphatic rings. The van der Waals surface area contributed by atoms with Crippen LogP contribution >= 0.6 is 0 Å². The number of amides is 3. The third-order valence-electron chi connectivity index (χ3n) is 7.60. The topological polar surface area (TPSA) is 57.7 Å². The molecule has 38 heavy (non-hydrogen) atoms. The van der Waals surface area contributed by atoms with Crippen LogP contribution in [0.1, 0.15) is 67.1 Å². The third kappa shape index (κ3) is 4.81. The van der Waals surface area contributed by atoms with Gasteiger partial charge in [-0.15, -0.1) is 0 Å². The zero-order valence-electron chi connectivity index (χ0n) is 22.6. The molecule has 5 rings (SSSR count). The highest BCUT2D eigenvalue weighted by atomic mass is 16.2. The summed E-state index contributed by atoms with van der Waals surface area (Å²) >= 11 is 0. The van der Waals surface area contributed by atoms with Gasteiger partial charge in [-0.05, 0) is 48.9 Å². The average molecular weight is 509 g/mol. The Morgan fingerprint density at radius 2 is 1.68 bits per heavy atom. The van der Waals surface area contributed by atoms with E-state index in [1.165, 1.54) is 22.1 Å². The van der Waals surface area contributed by atoms with E-state index in [0.29, 0.717) is 35.4 Å². The van der Waals surface area contributed by atoms with Crippen molar-refractivity contribution < 1.29 is 14.4 Å². The van der Waals surface area contributed by atoms with Gasteiger partial charge in [-0.2, -0.15) is 0 Å². The monoisotopic (exact) mass is 508 g/mol. The van der Waals surface area contributed by atoms with Crippen LogP contribution in [0.3, 0.4) is 0 Å². The van der Waals surface area contributed by atoms with Crippen LogP contribution in [0.2, 0.25) is 0 Å². The molecule has 0 N–H and O–H groups in total. The molecular weight excluding hydrogens is 472 g/mol. The molecule has 5 nitrogen and oxygen atoms in total. The van der Waals surface area contributed by atoms with Gasteiger partial charge in [-0.1, -0.05) is 93.3 Å². The first-order chi connectivity index (χ1) is 18.5. The normalized spacial score (nSPS) is 20.6. The van der Waals surface area contributed by atoms with Crippen molar-refractivity contribution in [2.24, 2.45) is 0 Å². The van der Waals surface area contributed by atoms with Crippen LogP contribution in [0, 0.1) is 0 Å². The molecular formula is C33H36N2O3. The van der Waals surface area contributed by atoms with Crippen molar-refractivity contribution in [3.8, 4) is 0 Å². The molecule has 1 unspecified atom stereocenters. The number of rotatable bonds is 5. The predicted octanol–water partition coefficient (Wildman–Crippen LogP) is 6.23. The molecule has 1 spiro atoms. The summed E-state index contributed by atoms with van der Waals surface area (Å²) in [7, 11) is 0. The lowest BCUT2D eigenvalue weighted by molar-refractivity contribution is -0.138. The summed E-state index contributed by atoms with van der Waals surface area (Å²) in [5.41, 5.74) is 4.44. The summed E-state index contributed by atoms with van der Waals surface area (Å²) in [6.07, 6.45) is 12.1. The maximum absolute atomic E-state index is 13.7. The molecule has 0 saturated carbocycles. The molecule has 2 heterocycles. The molecule has 0 aromatic heterocycles. The second-order valence-electron chi connectivity index (χ2n) is 9.61. The highest BCUT2D eigenvalue weighted by Crippen LogP contribution is 2.43. The van der Waals surface area contributed by atoms with E-state index in [2.05, 4.69) is 43.0 Å². The average Bonchev–Trinajstić information content (AvgIpc) is 3.30. The molecule has 2 aromatic carbocycles. The summed E-state index contributed by atoms with van der Waals surface area (Å²) in [4.78, 5) is 42.8. The number of hydrogen-bond acceptors (Lipinski definition) is 3. The number of imide groups is 1. The van der Waals surface area contributed by atoms with Crippen molar-refractivity contribution in [1.29, 1.82) is 0 Å². The minimum atomic E-state index is -0.381. The van der Waals surface area contributed by atoms with E-state index in [1.807, 2.05) is 36.9 Å². The number of hydrogen-bond donors (Lipinski definition) is 0. The lowest BCUT2D eigenvalue weighted by Gasteiger charge is -2.28. The van der Waals surface area contributed by atoms with Gasteiger partial charge in [-0.25, -0.2) is 0 Å². The Hall–Kier alpha value is -3.99. The van der Waals surface area contributed by atoms with Crippen LogP contribution in [-0.2, 0) is 21.5 Å². The zero-order chi connectivity index (χ0) is 27.3. The van der Waals surface area contributed by atoms with E-state index in [-0.39, 0.29) is 29.7 Å². The summed E-state index contributed by atoms with van der Waals surface area (Å²) in [5.74, 6) is -0.796. The predicted molar refractivity (Wildman–Crippen MR) is 152 cm³/mol. The summed E-state index contributed by atoms with van der Waals surface area (Å²) in [5, 5.41) is 0. The molecule has 2 aromatic rings. The van der Waals surface area contributed by atoms with Crippen molar-refractivity contribution in [2.45, 2.75) is 52.0 Å². The largest absolute Gasteiger partial charge is 0.339 e. The van der Waals surface area contributed by atoms with Gasteiger partial charge in [-0.3, -0.25) is 19.3 Å². The Morgan fingerprint density at radius 1 is 0.974 bits per heavy atom. The van der Waals surface area contributed by atoms with Gasteiger partial charge in [0.05, 0.1) is 17.7 Å². The fourth-order valence-corrected chi connectivity index (χ4v) is 5.72. The van der Waals surface area contributed by atoms with E-state index in [4.69, 9.17) is 0 Å². The van der Waals surface area contributed by atoms with Crippen LogP contribution in [0.15, 0.2) is 90.6 Å². The first-order valence-electron chi connectivity index (χ1n) is 13.5. The smallest absolute Gasteiger partial charge is 0.261 e. The number of fused-ring (bicyclic) bond motifs is 2. The lowest BCUT2D eigenvalue weighted by atomic mass is 9.76. The van der Waals surface area contributed by atoms with E-state index >= 15 is 0 Å². The van der Waals surface area contributed by atoms with Crippen LogP contribution in [0.5, 0.6) is 0 Å². The fraction of sp³-hybridized carbons (Fsp3) is 0.303. The van der Waals surface area contributed by atoms with Gasteiger partial charge in [0.15, 0.2) is 0 Å². The van der Waals surface area contributed by atoms with Crippen LogP contribution in [0.25, 0.3) is 6.08 Å². The van der Waals surface area contributed by atoms with Gasteiger partial charge in [0.2, 0.25) is 0 Å². The highest BCUT2D eigenvalue weighted by Gasteiger charge is 2.38. The van der Waals surface area contributed by atoms with Gasteiger partial charge in [0.1, 0.15) is 0 Å². The number of likely N-dealkylation sites (tertiary alicyclic amines) is 1. The van der Waals surface area contributed by atoms with Crippen LogP contribution < -0.4 is 0 Å². The van der Waals surface area contributed by atoms with Crippen molar-refractivity contribution in [2.75, 3.05) is 13.1 Å². The lowest BCUT2D eigenvalue weighted by Crippen LogP contribution is -2.35. The van der Waals surface area contributed by atoms with E-state index < -0.39 is 0 Å². The van der Waals surface area contributed by atoms with E-state index in [9.17, 15) is 14.4 Å². The van der Waals surface area contributed by atoms with Crippen LogP contribution in [0.4, 0.5) is 0 Å². The first-order valence-corrected chi connectivity index (χ1v) is 13.5. The minimum absolute atomic E-state index is 0.0184. The molecule has 5 heteroatoms. The molecule has 2 aliphatic heterocycles. The Balaban J connectivity index is 0.00000164.